The molecule has 0 bridgehead atoms. The van der Waals surface area contributed by atoms with Gasteiger partial charge < -0.3 is 9.47 Å². The lowest BCUT2D eigenvalue weighted by molar-refractivity contribution is -0.214. The van der Waals surface area contributed by atoms with Crippen molar-refractivity contribution in [1.29, 1.82) is 0 Å². The van der Waals surface area contributed by atoms with Gasteiger partial charge in [0, 0.05) is 11.5 Å². The SMILES string of the molecule is CCCCCCC1CCC(C2COC(c3ccc(F)cc3)OC2)CC1. The van der Waals surface area contributed by atoms with Crippen molar-refractivity contribution in [2.75, 3.05) is 13.2 Å². The van der Waals surface area contributed by atoms with Gasteiger partial charge in [0.05, 0.1) is 13.2 Å². The van der Waals surface area contributed by atoms with Crippen LogP contribution in [0.5, 0.6) is 0 Å². The van der Waals surface area contributed by atoms with Gasteiger partial charge in [-0.2, -0.15) is 0 Å². The van der Waals surface area contributed by atoms with Crippen LogP contribution in [0.1, 0.15) is 76.6 Å². The zero-order valence-electron chi connectivity index (χ0n) is 15.6. The first-order valence-electron chi connectivity index (χ1n) is 10.2. The molecular weight excluding hydrogens is 315 g/mol. The predicted molar refractivity (Wildman–Crippen MR) is 98.7 cm³/mol. The number of rotatable bonds is 7. The molecule has 25 heavy (non-hydrogen) atoms. The second-order valence-electron chi connectivity index (χ2n) is 7.94. The Morgan fingerprint density at radius 1 is 0.880 bits per heavy atom. The molecule has 1 saturated carbocycles. The van der Waals surface area contributed by atoms with Gasteiger partial charge in [-0.05, 0) is 36.8 Å². The van der Waals surface area contributed by atoms with Crippen molar-refractivity contribution in [2.24, 2.45) is 17.8 Å². The molecule has 0 spiro atoms. The molecule has 0 radical (unpaired) electrons. The maximum Gasteiger partial charge on any atom is 0.183 e. The molecule has 2 aliphatic rings. The summed E-state index contributed by atoms with van der Waals surface area (Å²) in [6, 6.07) is 6.44. The molecule has 1 aliphatic heterocycles. The number of benzene rings is 1. The van der Waals surface area contributed by atoms with Gasteiger partial charge in [0.15, 0.2) is 6.29 Å². The van der Waals surface area contributed by atoms with Crippen LogP contribution in [0, 0.1) is 23.6 Å². The summed E-state index contributed by atoms with van der Waals surface area (Å²) in [6.07, 6.45) is 12.1. The van der Waals surface area contributed by atoms with Crippen LogP contribution >= 0.6 is 0 Å². The molecular formula is C22H33FO2. The van der Waals surface area contributed by atoms with Crippen LogP contribution < -0.4 is 0 Å². The third-order valence-electron chi connectivity index (χ3n) is 6.09. The van der Waals surface area contributed by atoms with Crippen LogP contribution in [0.3, 0.4) is 0 Å². The minimum atomic E-state index is -0.327. The Bertz CT molecular complexity index is 485. The number of unbranched alkanes of at least 4 members (excludes halogenated alkanes) is 3. The van der Waals surface area contributed by atoms with Crippen LogP contribution in [0.2, 0.25) is 0 Å². The minimum Gasteiger partial charge on any atom is -0.348 e. The highest BCUT2D eigenvalue weighted by molar-refractivity contribution is 5.17. The molecule has 1 saturated heterocycles. The predicted octanol–water partition coefficient (Wildman–Crippen LogP) is 6.26. The summed E-state index contributed by atoms with van der Waals surface area (Å²) in [5, 5.41) is 0. The topological polar surface area (TPSA) is 18.5 Å². The van der Waals surface area contributed by atoms with E-state index < -0.39 is 0 Å². The maximum absolute atomic E-state index is 13.0. The largest absolute Gasteiger partial charge is 0.348 e. The molecule has 0 unspecified atom stereocenters. The van der Waals surface area contributed by atoms with E-state index in [9.17, 15) is 4.39 Å². The molecule has 0 aromatic heterocycles. The van der Waals surface area contributed by atoms with Gasteiger partial charge in [-0.3, -0.25) is 0 Å². The molecule has 1 heterocycles. The second-order valence-corrected chi connectivity index (χ2v) is 7.94. The number of ether oxygens (including phenoxy) is 2. The van der Waals surface area contributed by atoms with E-state index in [-0.39, 0.29) is 12.1 Å². The van der Waals surface area contributed by atoms with E-state index in [1.54, 1.807) is 12.1 Å². The summed E-state index contributed by atoms with van der Waals surface area (Å²) in [7, 11) is 0. The van der Waals surface area contributed by atoms with Crippen LogP contribution in [0.15, 0.2) is 24.3 Å². The van der Waals surface area contributed by atoms with Crippen LogP contribution in [-0.4, -0.2) is 13.2 Å². The monoisotopic (exact) mass is 348 g/mol. The lowest BCUT2D eigenvalue weighted by Crippen LogP contribution is -2.34. The quantitative estimate of drug-likeness (QED) is 0.541. The third kappa shape index (κ3) is 5.52. The molecule has 1 aromatic rings. The van der Waals surface area contributed by atoms with Gasteiger partial charge in [0.1, 0.15) is 5.82 Å². The number of hydrogen-bond acceptors (Lipinski definition) is 2. The Morgan fingerprint density at radius 3 is 2.20 bits per heavy atom. The molecule has 0 atom stereocenters. The first kappa shape index (κ1) is 18.8. The lowest BCUT2D eigenvalue weighted by Gasteiger charge is -2.38. The van der Waals surface area contributed by atoms with Crippen molar-refractivity contribution < 1.29 is 13.9 Å². The van der Waals surface area contributed by atoms with Gasteiger partial charge in [0.25, 0.3) is 0 Å². The summed E-state index contributed by atoms with van der Waals surface area (Å²) in [4.78, 5) is 0. The van der Waals surface area contributed by atoms with Gasteiger partial charge in [0.2, 0.25) is 0 Å². The second kappa shape index (κ2) is 9.68. The van der Waals surface area contributed by atoms with Crippen molar-refractivity contribution >= 4 is 0 Å². The number of hydrogen-bond donors (Lipinski definition) is 0. The van der Waals surface area contributed by atoms with E-state index in [1.165, 1.54) is 69.9 Å². The standard InChI is InChI=1S/C22H33FO2/c1-2-3-4-5-6-17-7-9-18(10-8-17)20-15-24-22(25-16-20)19-11-13-21(23)14-12-19/h11-14,17-18,20,22H,2-10,15-16H2,1H3. The van der Waals surface area contributed by atoms with Gasteiger partial charge in [-0.15, -0.1) is 0 Å². The van der Waals surface area contributed by atoms with Crippen LogP contribution in [0.4, 0.5) is 4.39 Å². The van der Waals surface area contributed by atoms with E-state index in [4.69, 9.17) is 9.47 Å². The number of halogens is 1. The molecule has 1 aromatic carbocycles. The van der Waals surface area contributed by atoms with E-state index in [1.807, 2.05) is 0 Å². The summed E-state index contributed by atoms with van der Waals surface area (Å²) in [6.45, 7) is 3.82. The normalized spacial score (nSPS) is 30.3. The highest BCUT2D eigenvalue weighted by Gasteiger charge is 2.32. The Hall–Kier alpha value is -0.930. The fourth-order valence-corrected chi connectivity index (χ4v) is 4.41. The molecule has 3 heteroatoms. The Labute approximate surface area is 152 Å². The Balaban J connectivity index is 1.37. The lowest BCUT2D eigenvalue weighted by atomic mass is 9.74. The average Bonchev–Trinajstić information content (AvgIpc) is 2.67. The molecule has 2 fully saturated rings. The van der Waals surface area contributed by atoms with Crippen molar-refractivity contribution in [3.63, 3.8) is 0 Å². The summed E-state index contributed by atoms with van der Waals surface area (Å²) in [5.41, 5.74) is 0.913. The first-order valence-corrected chi connectivity index (χ1v) is 10.2. The van der Waals surface area contributed by atoms with Crippen molar-refractivity contribution in [3.05, 3.63) is 35.6 Å². The molecule has 1 aliphatic carbocycles. The Morgan fingerprint density at radius 2 is 1.56 bits per heavy atom. The molecule has 0 amide bonds. The zero-order chi connectivity index (χ0) is 17.5. The Kier molecular flexibility index (Phi) is 7.30. The molecule has 3 rings (SSSR count). The van der Waals surface area contributed by atoms with Gasteiger partial charge in [-0.1, -0.05) is 64.0 Å². The van der Waals surface area contributed by atoms with Crippen LogP contribution in [0.25, 0.3) is 0 Å². The van der Waals surface area contributed by atoms with E-state index in [0.717, 1.165) is 30.6 Å². The van der Waals surface area contributed by atoms with E-state index in [0.29, 0.717) is 5.92 Å². The van der Waals surface area contributed by atoms with Crippen molar-refractivity contribution in [3.8, 4) is 0 Å². The summed E-state index contributed by atoms with van der Waals surface area (Å²) in [5.74, 6) is 2.01. The molecule has 2 nitrogen and oxygen atoms in total. The fraction of sp³-hybridized carbons (Fsp3) is 0.727. The van der Waals surface area contributed by atoms with Crippen LogP contribution in [-0.2, 0) is 9.47 Å². The third-order valence-corrected chi connectivity index (χ3v) is 6.09. The summed E-state index contributed by atoms with van der Waals surface area (Å²) < 4.78 is 24.9. The average molecular weight is 349 g/mol. The van der Waals surface area contributed by atoms with Crippen molar-refractivity contribution in [2.45, 2.75) is 71.0 Å². The maximum atomic E-state index is 13.0. The summed E-state index contributed by atoms with van der Waals surface area (Å²) >= 11 is 0. The van der Waals surface area contributed by atoms with Gasteiger partial charge >= 0.3 is 0 Å². The van der Waals surface area contributed by atoms with E-state index >= 15 is 0 Å². The first-order chi connectivity index (χ1) is 12.3. The highest BCUT2D eigenvalue weighted by atomic mass is 19.1. The fourth-order valence-electron chi connectivity index (χ4n) is 4.41. The van der Waals surface area contributed by atoms with Gasteiger partial charge in [-0.25, -0.2) is 4.39 Å². The van der Waals surface area contributed by atoms with E-state index in [2.05, 4.69) is 6.92 Å². The zero-order valence-corrected chi connectivity index (χ0v) is 15.6. The molecule has 0 N–H and O–H groups in total. The van der Waals surface area contributed by atoms with Crippen molar-refractivity contribution in [1.82, 2.24) is 0 Å². The smallest absolute Gasteiger partial charge is 0.183 e. The molecule has 140 valence electrons. The highest BCUT2D eigenvalue weighted by Crippen LogP contribution is 2.38. The minimum absolute atomic E-state index is 0.219.